The number of hydrogen-bond acceptors (Lipinski definition) is 5. The largest absolute Gasteiger partial charge is 0.302 e. The number of benzene rings is 1. The number of nitrogens with one attached hydrogen (secondary N) is 1. The molecule has 0 aliphatic heterocycles. The molecule has 0 atom stereocenters. The van der Waals surface area contributed by atoms with E-state index in [0.29, 0.717) is 0 Å². The Morgan fingerprint density at radius 2 is 1.94 bits per heavy atom. The van der Waals surface area contributed by atoms with E-state index in [0.717, 1.165) is 11.3 Å². The third-order valence-electron chi connectivity index (χ3n) is 2.09. The Bertz CT molecular complexity index is 663. The van der Waals surface area contributed by atoms with E-state index in [1.807, 2.05) is 0 Å². The van der Waals surface area contributed by atoms with Crippen LogP contribution in [0.3, 0.4) is 0 Å². The number of rotatable bonds is 3. The van der Waals surface area contributed by atoms with Gasteiger partial charge in [-0.15, -0.1) is 0 Å². The fourth-order valence-corrected chi connectivity index (χ4v) is 3.81. The molecule has 0 bridgehead atoms. The lowest BCUT2D eigenvalue weighted by Crippen LogP contribution is -2.04. The van der Waals surface area contributed by atoms with Crippen LogP contribution < -0.4 is 5.32 Å². The maximum Gasteiger partial charge on any atom is 0.223 e. The fraction of sp³-hybridized carbons (Fsp3) is 0.0909. The van der Waals surface area contributed by atoms with Gasteiger partial charge in [0.1, 0.15) is 4.21 Å². The second-order valence-corrected chi connectivity index (χ2v) is 6.69. The smallest absolute Gasteiger partial charge is 0.223 e. The number of amides is 1. The molecular weight excluding hydrogens is 272 g/mol. The van der Waals surface area contributed by atoms with Crippen molar-refractivity contribution in [2.45, 2.75) is 16.0 Å². The van der Waals surface area contributed by atoms with Crippen LogP contribution in [-0.4, -0.2) is 19.3 Å². The number of nitrogens with zero attached hydrogens (tertiary/aromatic N) is 1. The first-order chi connectivity index (χ1) is 8.50. The van der Waals surface area contributed by atoms with E-state index in [2.05, 4.69) is 10.3 Å². The SMILES string of the molecule is CC(=O)Nc1ncc(S(=O)(=O)c2ccccc2)s1. The third-order valence-corrected chi connectivity index (χ3v) is 5.23. The van der Waals surface area contributed by atoms with Gasteiger partial charge in [0.25, 0.3) is 0 Å². The minimum absolute atomic E-state index is 0.109. The maximum absolute atomic E-state index is 12.2. The molecular formula is C11H10N2O3S2. The van der Waals surface area contributed by atoms with Crippen LogP contribution in [0.5, 0.6) is 0 Å². The molecule has 0 unspecified atom stereocenters. The van der Waals surface area contributed by atoms with Gasteiger partial charge in [0.2, 0.25) is 15.7 Å². The van der Waals surface area contributed by atoms with Crippen LogP contribution >= 0.6 is 11.3 Å². The summed E-state index contributed by atoms with van der Waals surface area (Å²) >= 11 is 0.932. The van der Waals surface area contributed by atoms with Crippen LogP contribution in [0.4, 0.5) is 5.13 Å². The highest BCUT2D eigenvalue weighted by atomic mass is 32.2. The van der Waals surface area contributed by atoms with E-state index in [4.69, 9.17) is 0 Å². The van der Waals surface area contributed by atoms with E-state index >= 15 is 0 Å². The lowest BCUT2D eigenvalue weighted by Gasteiger charge is -1.99. The summed E-state index contributed by atoms with van der Waals surface area (Å²) in [6.07, 6.45) is 1.25. The van der Waals surface area contributed by atoms with Crippen molar-refractivity contribution in [3.05, 3.63) is 36.5 Å². The number of carbonyl (C=O) groups is 1. The lowest BCUT2D eigenvalue weighted by atomic mass is 10.4. The van der Waals surface area contributed by atoms with Crippen LogP contribution in [0.15, 0.2) is 45.6 Å². The molecule has 2 aromatic rings. The van der Waals surface area contributed by atoms with Crippen LogP contribution in [0, 0.1) is 0 Å². The quantitative estimate of drug-likeness (QED) is 0.933. The Balaban J connectivity index is 2.37. The molecule has 0 aliphatic rings. The van der Waals surface area contributed by atoms with Crippen molar-refractivity contribution < 1.29 is 13.2 Å². The number of thiazole rings is 1. The summed E-state index contributed by atoms with van der Waals surface area (Å²) in [5.41, 5.74) is 0. The molecule has 0 radical (unpaired) electrons. The maximum atomic E-state index is 12.2. The molecule has 0 spiro atoms. The molecule has 1 aromatic carbocycles. The lowest BCUT2D eigenvalue weighted by molar-refractivity contribution is -0.114. The average molecular weight is 282 g/mol. The van der Waals surface area contributed by atoms with Crippen molar-refractivity contribution in [2.24, 2.45) is 0 Å². The first-order valence-electron chi connectivity index (χ1n) is 5.04. The monoisotopic (exact) mass is 282 g/mol. The number of hydrogen-bond donors (Lipinski definition) is 1. The highest BCUT2D eigenvalue weighted by Gasteiger charge is 2.20. The summed E-state index contributed by atoms with van der Waals surface area (Å²) in [5, 5.41) is 2.73. The summed E-state index contributed by atoms with van der Waals surface area (Å²) < 4.78 is 24.5. The van der Waals surface area contributed by atoms with Gasteiger partial charge in [0.15, 0.2) is 5.13 Å². The normalized spacial score (nSPS) is 11.2. The fourth-order valence-electron chi connectivity index (χ4n) is 1.31. The van der Waals surface area contributed by atoms with Crippen LogP contribution in [-0.2, 0) is 14.6 Å². The van der Waals surface area contributed by atoms with Gasteiger partial charge in [0, 0.05) is 6.92 Å². The molecule has 0 fully saturated rings. The Morgan fingerprint density at radius 3 is 2.56 bits per heavy atom. The summed E-state index contributed by atoms with van der Waals surface area (Å²) in [5.74, 6) is -0.284. The second kappa shape index (κ2) is 4.87. The highest BCUT2D eigenvalue weighted by Crippen LogP contribution is 2.28. The molecule has 1 amide bonds. The van der Waals surface area contributed by atoms with Gasteiger partial charge in [0.05, 0.1) is 11.1 Å². The molecule has 18 heavy (non-hydrogen) atoms. The van der Waals surface area contributed by atoms with Gasteiger partial charge in [-0.2, -0.15) is 0 Å². The zero-order valence-corrected chi connectivity index (χ0v) is 11.1. The molecule has 0 aliphatic carbocycles. The first-order valence-corrected chi connectivity index (χ1v) is 7.33. The van der Waals surface area contributed by atoms with E-state index in [1.165, 1.54) is 25.3 Å². The Hall–Kier alpha value is -1.73. The van der Waals surface area contributed by atoms with Gasteiger partial charge >= 0.3 is 0 Å². The van der Waals surface area contributed by atoms with Gasteiger partial charge in [-0.05, 0) is 12.1 Å². The van der Waals surface area contributed by atoms with E-state index in [1.54, 1.807) is 18.2 Å². The molecule has 1 heterocycles. The molecule has 94 valence electrons. The van der Waals surface area contributed by atoms with Crippen molar-refractivity contribution in [2.75, 3.05) is 5.32 Å². The van der Waals surface area contributed by atoms with Gasteiger partial charge < -0.3 is 5.32 Å². The van der Waals surface area contributed by atoms with Crippen LogP contribution in [0.1, 0.15) is 6.92 Å². The molecule has 2 rings (SSSR count). The first kappa shape index (κ1) is 12.7. The Kier molecular flexibility index (Phi) is 3.44. The Morgan fingerprint density at radius 1 is 1.28 bits per heavy atom. The predicted octanol–water partition coefficient (Wildman–Crippen LogP) is 1.93. The second-order valence-electron chi connectivity index (χ2n) is 3.48. The van der Waals surface area contributed by atoms with Gasteiger partial charge in [-0.1, -0.05) is 29.5 Å². The van der Waals surface area contributed by atoms with Gasteiger partial charge in [-0.3, -0.25) is 4.79 Å². The minimum atomic E-state index is -3.55. The molecule has 7 heteroatoms. The van der Waals surface area contributed by atoms with Crippen LogP contribution in [0.2, 0.25) is 0 Å². The summed E-state index contributed by atoms with van der Waals surface area (Å²) in [7, 11) is -3.55. The number of anilines is 1. The summed E-state index contributed by atoms with van der Waals surface area (Å²) in [6, 6.07) is 8.10. The number of aromatic nitrogens is 1. The van der Waals surface area contributed by atoms with Crippen molar-refractivity contribution in [3.8, 4) is 0 Å². The number of sulfone groups is 1. The van der Waals surface area contributed by atoms with Crippen molar-refractivity contribution in [1.29, 1.82) is 0 Å². The van der Waals surface area contributed by atoms with Crippen LogP contribution in [0.25, 0.3) is 0 Å². The molecule has 1 aromatic heterocycles. The standard InChI is InChI=1S/C11H10N2O3S2/c1-8(14)13-11-12-7-10(17-11)18(15,16)9-5-3-2-4-6-9/h2-7H,1H3,(H,12,13,14). The van der Waals surface area contributed by atoms with E-state index < -0.39 is 9.84 Å². The molecule has 5 nitrogen and oxygen atoms in total. The number of carbonyl (C=O) groups excluding carboxylic acids is 1. The molecule has 0 saturated carbocycles. The minimum Gasteiger partial charge on any atom is -0.302 e. The summed E-state index contributed by atoms with van der Waals surface area (Å²) in [6.45, 7) is 1.34. The molecule has 1 N–H and O–H groups in total. The van der Waals surface area contributed by atoms with Gasteiger partial charge in [-0.25, -0.2) is 13.4 Å². The third kappa shape index (κ3) is 2.57. The van der Waals surface area contributed by atoms with Crippen molar-refractivity contribution in [3.63, 3.8) is 0 Å². The van der Waals surface area contributed by atoms with E-state index in [9.17, 15) is 13.2 Å². The topological polar surface area (TPSA) is 76.1 Å². The molecule has 0 saturated heterocycles. The summed E-state index contributed by atoms with van der Waals surface area (Å²) in [4.78, 5) is 14.9. The van der Waals surface area contributed by atoms with Crippen molar-refractivity contribution in [1.82, 2.24) is 4.98 Å². The predicted molar refractivity (Wildman–Crippen MR) is 68.3 cm³/mol. The van der Waals surface area contributed by atoms with E-state index in [-0.39, 0.29) is 20.1 Å². The average Bonchev–Trinajstić information content (AvgIpc) is 2.78. The Labute approximate surface area is 108 Å². The highest BCUT2D eigenvalue weighted by molar-refractivity contribution is 7.93. The zero-order valence-electron chi connectivity index (χ0n) is 9.45. The van der Waals surface area contributed by atoms with Crippen molar-refractivity contribution >= 4 is 32.2 Å². The zero-order chi connectivity index (χ0) is 13.2.